The van der Waals surface area contributed by atoms with E-state index in [1.165, 1.54) is 29.3 Å². The Morgan fingerprint density at radius 2 is 1.84 bits per heavy atom. The molecule has 0 spiro atoms. The van der Waals surface area contributed by atoms with E-state index >= 15 is 4.39 Å². The molecule has 1 aromatic carbocycles. The minimum Gasteiger partial charge on any atom is -0.442 e. The number of aromatic nitrogens is 4. The lowest BCUT2D eigenvalue weighted by molar-refractivity contribution is 0.000293. The molecule has 1 atom stereocenters. The Kier molecular flexibility index (Phi) is 7.76. The van der Waals surface area contributed by atoms with E-state index in [9.17, 15) is 9.36 Å². The summed E-state index contributed by atoms with van der Waals surface area (Å²) in [7, 11) is -3.96. The first kappa shape index (κ1) is 27.9. The van der Waals surface area contributed by atoms with E-state index in [0.717, 1.165) is 0 Å². The SMILES string of the molecule is CC(C)(C)OP(=O)(OCc1cc(-c2ccc(N3C[C@H](Cn4ccnn4)OC3=O)cc2F)on1)OC(C)(C)C. The lowest BCUT2D eigenvalue weighted by atomic mass is 10.1. The average molecular weight is 552 g/mol. The van der Waals surface area contributed by atoms with Crippen LogP contribution in [0, 0.1) is 5.82 Å². The summed E-state index contributed by atoms with van der Waals surface area (Å²) >= 11 is 0. The number of carbonyl (C=O) groups excluding carboxylic acids is 1. The topological polar surface area (TPSA) is 131 Å². The molecule has 0 radical (unpaired) electrons. The maximum atomic E-state index is 15.1. The first-order chi connectivity index (χ1) is 17.7. The van der Waals surface area contributed by atoms with Crippen molar-refractivity contribution < 1.29 is 36.6 Å². The Morgan fingerprint density at radius 1 is 1.13 bits per heavy atom. The number of cyclic esters (lactones) is 1. The molecular formula is C24H31FN5O7P. The molecule has 1 fully saturated rings. The van der Waals surface area contributed by atoms with E-state index in [1.807, 2.05) is 0 Å². The highest BCUT2D eigenvalue weighted by Crippen LogP contribution is 2.55. The smallest absolute Gasteiger partial charge is 0.442 e. The number of rotatable bonds is 9. The number of carbonyl (C=O) groups is 1. The number of ether oxygens (including phenoxy) is 1. The number of nitrogens with zero attached hydrogens (tertiary/aromatic N) is 5. The number of phosphoric ester groups is 1. The van der Waals surface area contributed by atoms with E-state index in [4.69, 9.17) is 22.8 Å². The van der Waals surface area contributed by atoms with Crippen LogP contribution in [0.25, 0.3) is 11.3 Å². The van der Waals surface area contributed by atoms with Crippen molar-refractivity contribution in [3.05, 3.63) is 48.2 Å². The van der Waals surface area contributed by atoms with Gasteiger partial charge in [0.25, 0.3) is 0 Å². The number of hydrogen-bond acceptors (Lipinski definition) is 10. The van der Waals surface area contributed by atoms with Gasteiger partial charge in [-0.15, -0.1) is 5.10 Å². The molecule has 12 nitrogen and oxygen atoms in total. The second-order valence-corrected chi connectivity index (χ2v) is 12.2. The number of halogens is 1. The Labute approximate surface area is 219 Å². The summed E-state index contributed by atoms with van der Waals surface area (Å²) in [5.74, 6) is -0.500. The number of benzene rings is 1. The van der Waals surface area contributed by atoms with Gasteiger partial charge in [-0.1, -0.05) is 10.4 Å². The summed E-state index contributed by atoms with van der Waals surface area (Å²) in [6.07, 6.45) is 2.15. The molecule has 0 saturated carbocycles. The molecule has 1 amide bonds. The summed E-state index contributed by atoms with van der Waals surface area (Å²) in [5, 5.41) is 11.5. The van der Waals surface area contributed by atoms with Gasteiger partial charge in [0.2, 0.25) is 0 Å². The van der Waals surface area contributed by atoms with E-state index in [2.05, 4.69) is 15.5 Å². The van der Waals surface area contributed by atoms with Crippen LogP contribution in [-0.2, 0) is 36.0 Å². The van der Waals surface area contributed by atoms with Crippen LogP contribution in [0.1, 0.15) is 47.2 Å². The average Bonchev–Trinajstić information content (AvgIpc) is 3.51. The van der Waals surface area contributed by atoms with Gasteiger partial charge < -0.3 is 9.26 Å². The van der Waals surface area contributed by atoms with Gasteiger partial charge in [0.1, 0.15) is 24.2 Å². The van der Waals surface area contributed by atoms with Crippen molar-refractivity contribution in [3.63, 3.8) is 0 Å². The first-order valence-corrected chi connectivity index (χ1v) is 13.4. The highest BCUT2D eigenvalue weighted by Gasteiger charge is 2.37. The molecule has 2 aromatic heterocycles. The second-order valence-electron chi connectivity index (χ2n) is 10.7. The van der Waals surface area contributed by atoms with E-state index < -0.39 is 37.0 Å². The monoisotopic (exact) mass is 551 g/mol. The summed E-state index contributed by atoms with van der Waals surface area (Å²) < 4.78 is 57.2. The number of amides is 1. The Hall–Kier alpha value is -3.12. The van der Waals surface area contributed by atoms with Crippen LogP contribution >= 0.6 is 7.82 Å². The maximum absolute atomic E-state index is 15.1. The van der Waals surface area contributed by atoms with Crippen LogP contribution in [0.5, 0.6) is 0 Å². The Morgan fingerprint density at radius 3 is 2.45 bits per heavy atom. The van der Waals surface area contributed by atoms with Crippen molar-refractivity contribution in [2.24, 2.45) is 0 Å². The van der Waals surface area contributed by atoms with Gasteiger partial charge in [-0.2, -0.15) is 0 Å². The predicted molar refractivity (Wildman–Crippen MR) is 134 cm³/mol. The molecule has 206 valence electrons. The molecule has 3 aromatic rings. The standard InChI is InChI=1S/C24H31FN5O7P/c1-23(2,3)36-38(32,37-24(4,5)6)33-15-16-11-21(35-27-16)19-8-7-17(12-20(19)25)30-14-18(34-22(30)31)13-29-10-9-26-28-29/h7-12,18H,13-15H2,1-6H3/t18-/m0/s1. The van der Waals surface area contributed by atoms with Crippen molar-refractivity contribution in [2.75, 3.05) is 11.4 Å². The maximum Gasteiger partial charge on any atom is 0.476 e. The summed E-state index contributed by atoms with van der Waals surface area (Å²) in [4.78, 5) is 13.7. The van der Waals surface area contributed by atoms with Crippen molar-refractivity contribution in [3.8, 4) is 11.3 Å². The second kappa shape index (κ2) is 10.6. The highest BCUT2D eigenvalue weighted by molar-refractivity contribution is 7.48. The van der Waals surface area contributed by atoms with Crippen molar-refractivity contribution in [2.45, 2.75) is 72.0 Å². The molecular weight excluding hydrogens is 520 g/mol. The van der Waals surface area contributed by atoms with Gasteiger partial charge in [0.15, 0.2) is 5.76 Å². The van der Waals surface area contributed by atoms with Gasteiger partial charge >= 0.3 is 13.9 Å². The quantitative estimate of drug-likeness (QED) is 0.321. The fourth-order valence-electron chi connectivity index (χ4n) is 3.63. The van der Waals surface area contributed by atoms with Gasteiger partial charge in [0, 0.05) is 12.3 Å². The molecule has 38 heavy (non-hydrogen) atoms. The van der Waals surface area contributed by atoms with Crippen LogP contribution in [0.2, 0.25) is 0 Å². The Bertz CT molecular complexity index is 1300. The van der Waals surface area contributed by atoms with Gasteiger partial charge in [-0.25, -0.2) is 18.4 Å². The molecule has 0 bridgehead atoms. The van der Waals surface area contributed by atoms with Gasteiger partial charge in [-0.05, 0) is 59.7 Å². The van der Waals surface area contributed by atoms with E-state index in [0.29, 0.717) is 12.2 Å². The normalized spacial score (nSPS) is 16.8. The third kappa shape index (κ3) is 7.25. The van der Waals surface area contributed by atoms with Crippen molar-refractivity contribution in [1.29, 1.82) is 0 Å². The lowest BCUT2D eigenvalue weighted by Crippen LogP contribution is -2.26. The molecule has 0 aliphatic carbocycles. The summed E-state index contributed by atoms with van der Waals surface area (Å²) in [5.41, 5.74) is -0.866. The van der Waals surface area contributed by atoms with Crippen LogP contribution in [0.3, 0.4) is 0 Å². The molecule has 1 aliphatic rings. The van der Waals surface area contributed by atoms with E-state index in [-0.39, 0.29) is 30.2 Å². The van der Waals surface area contributed by atoms with Crippen LogP contribution in [-0.4, -0.2) is 50.1 Å². The molecule has 14 heteroatoms. The zero-order valence-electron chi connectivity index (χ0n) is 22.1. The molecule has 3 heterocycles. The Balaban J connectivity index is 1.43. The van der Waals surface area contributed by atoms with Gasteiger partial charge in [0.05, 0.1) is 41.7 Å². The fraction of sp³-hybridized carbons (Fsp3) is 0.500. The van der Waals surface area contributed by atoms with Crippen molar-refractivity contribution >= 4 is 19.6 Å². The minimum atomic E-state index is -3.96. The van der Waals surface area contributed by atoms with Crippen molar-refractivity contribution in [1.82, 2.24) is 20.2 Å². The third-order valence-electron chi connectivity index (χ3n) is 4.97. The predicted octanol–water partition coefficient (Wildman–Crippen LogP) is 5.35. The molecule has 1 aliphatic heterocycles. The summed E-state index contributed by atoms with van der Waals surface area (Å²) in [6, 6.07) is 5.74. The first-order valence-electron chi connectivity index (χ1n) is 11.9. The van der Waals surface area contributed by atoms with E-state index in [1.54, 1.807) is 58.5 Å². The summed E-state index contributed by atoms with van der Waals surface area (Å²) in [6.45, 7) is 10.7. The zero-order valence-corrected chi connectivity index (χ0v) is 23.0. The number of phosphoric acid groups is 1. The van der Waals surface area contributed by atoms with Gasteiger partial charge in [-0.3, -0.25) is 18.5 Å². The number of hydrogen-bond donors (Lipinski definition) is 0. The third-order valence-corrected chi connectivity index (χ3v) is 6.96. The molecule has 0 unspecified atom stereocenters. The minimum absolute atomic E-state index is 0.124. The molecule has 0 N–H and O–H groups in total. The fourth-order valence-corrected chi connectivity index (χ4v) is 5.41. The number of anilines is 1. The molecule has 4 rings (SSSR count). The van der Waals surface area contributed by atoms with Crippen LogP contribution in [0.15, 0.2) is 41.2 Å². The zero-order chi connectivity index (χ0) is 27.7. The lowest BCUT2D eigenvalue weighted by Gasteiger charge is -2.30. The largest absolute Gasteiger partial charge is 0.476 e. The van der Waals surface area contributed by atoms with Crippen LogP contribution in [0.4, 0.5) is 14.9 Å². The van der Waals surface area contributed by atoms with Crippen LogP contribution < -0.4 is 4.90 Å². The molecule has 1 saturated heterocycles. The highest BCUT2D eigenvalue weighted by atomic mass is 31.2.